The van der Waals surface area contributed by atoms with Crippen LogP contribution in [-0.2, 0) is 4.79 Å². The Balaban J connectivity index is 1.76. The van der Waals surface area contributed by atoms with Crippen LogP contribution in [0.5, 0.6) is 0 Å². The van der Waals surface area contributed by atoms with E-state index in [2.05, 4.69) is 5.32 Å². The molecule has 2 rings (SSSR count). The molecule has 2 N–H and O–H groups in total. The number of thioether (sulfide) groups is 1. The van der Waals surface area contributed by atoms with E-state index in [4.69, 9.17) is 5.11 Å². The average molecular weight is 307 g/mol. The summed E-state index contributed by atoms with van der Waals surface area (Å²) in [5.41, 5.74) is 0. The van der Waals surface area contributed by atoms with Crippen molar-refractivity contribution in [3.63, 3.8) is 0 Å². The maximum absolute atomic E-state index is 11.7. The highest BCUT2D eigenvalue weighted by molar-refractivity contribution is 7.99. The molecule has 0 unspecified atom stereocenters. The third-order valence-electron chi connectivity index (χ3n) is 2.42. The van der Waals surface area contributed by atoms with Gasteiger partial charge in [-0.2, -0.15) is 0 Å². The van der Waals surface area contributed by atoms with Gasteiger partial charge in [-0.1, -0.05) is 18.2 Å². The zero-order valence-electron chi connectivity index (χ0n) is 10.5. The lowest BCUT2D eigenvalue weighted by Crippen LogP contribution is -2.11. The van der Waals surface area contributed by atoms with Crippen LogP contribution in [0.4, 0.5) is 5.00 Å². The fourth-order valence-electron chi connectivity index (χ4n) is 1.50. The lowest BCUT2D eigenvalue weighted by Gasteiger charge is -2.02. The summed E-state index contributed by atoms with van der Waals surface area (Å²) < 4.78 is 0. The van der Waals surface area contributed by atoms with E-state index in [9.17, 15) is 9.59 Å². The van der Waals surface area contributed by atoms with Crippen LogP contribution in [0.3, 0.4) is 0 Å². The lowest BCUT2D eigenvalue weighted by molar-refractivity contribution is -0.115. The number of rotatable bonds is 6. The molecule has 4 nitrogen and oxygen atoms in total. The van der Waals surface area contributed by atoms with Crippen molar-refractivity contribution in [2.75, 3.05) is 11.1 Å². The molecule has 20 heavy (non-hydrogen) atoms. The van der Waals surface area contributed by atoms with Crippen LogP contribution in [0, 0.1) is 0 Å². The van der Waals surface area contributed by atoms with Crippen LogP contribution >= 0.6 is 23.1 Å². The molecule has 0 bridgehead atoms. The molecule has 0 aliphatic carbocycles. The summed E-state index contributed by atoms with van der Waals surface area (Å²) in [5.74, 6) is -0.394. The highest BCUT2D eigenvalue weighted by atomic mass is 32.2. The van der Waals surface area contributed by atoms with Crippen molar-refractivity contribution in [2.45, 2.75) is 11.3 Å². The van der Waals surface area contributed by atoms with Gasteiger partial charge in [0.25, 0.3) is 0 Å². The van der Waals surface area contributed by atoms with Gasteiger partial charge in [0.2, 0.25) is 5.91 Å². The van der Waals surface area contributed by atoms with E-state index in [1.807, 2.05) is 30.3 Å². The second kappa shape index (κ2) is 7.12. The summed E-state index contributed by atoms with van der Waals surface area (Å²) in [6.45, 7) is 0. The van der Waals surface area contributed by atoms with Crippen molar-refractivity contribution in [2.24, 2.45) is 0 Å². The van der Waals surface area contributed by atoms with E-state index >= 15 is 0 Å². The van der Waals surface area contributed by atoms with Gasteiger partial charge in [0.05, 0.1) is 5.00 Å². The van der Waals surface area contributed by atoms with Gasteiger partial charge < -0.3 is 10.4 Å². The van der Waals surface area contributed by atoms with Crippen molar-refractivity contribution in [1.82, 2.24) is 0 Å². The summed E-state index contributed by atoms with van der Waals surface area (Å²) in [6, 6.07) is 13.0. The van der Waals surface area contributed by atoms with Crippen molar-refractivity contribution in [3.8, 4) is 0 Å². The first kappa shape index (κ1) is 14.6. The van der Waals surface area contributed by atoms with Crippen LogP contribution in [0.1, 0.15) is 16.1 Å². The van der Waals surface area contributed by atoms with Crippen molar-refractivity contribution in [1.29, 1.82) is 0 Å². The van der Waals surface area contributed by atoms with E-state index in [1.54, 1.807) is 17.8 Å². The number of amides is 1. The first-order valence-corrected chi connectivity index (χ1v) is 7.76. The predicted octanol–water partition coefficient (Wildman–Crippen LogP) is 3.57. The number of hydrogen-bond donors (Lipinski definition) is 2. The maximum atomic E-state index is 11.7. The number of carbonyl (C=O) groups is 2. The van der Waals surface area contributed by atoms with E-state index in [0.717, 1.165) is 16.2 Å². The topological polar surface area (TPSA) is 66.4 Å². The monoisotopic (exact) mass is 307 g/mol. The molecule has 0 atom stereocenters. The third kappa shape index (κ3) is 4.40. The Bertz CT molecular complexity index is 595. The Hall–Kier alpha value is -1.79. The molecule has 0 aliphatic heterocycles. The highest BCUT2D eigenvalue weighted by Gasteiger charge is 2.09. The van der Waals surface area contributed by atoms with Crippen LogP contribution in [0.15, 0.2) is 47.4 Å². The Morgan fingerprint density at radius 2 is 1.90 bits per heavy atom. The van der Waals surface area contributed by atoms with Gasteiger partial charge in [-0.15, -0.1) is 23.1 Å². The quantitative estimate of drug-likeness (QED) is 0.801. The number of carbonyl (C=O) groups excluding carboxylic acids is 1. The second-order valence-electron chi connectivity index (χ2n) is 3.93. The Morgan fingerprint density at radius 3 is 2.55 bits per heavy atom. The highest BCUT2D eigenvalue weighted by Crippen LogP contribution is 2.22. The molecule has 6 heteroatoms. The third-order valence-corrected chi connectivity index (χ3v) is 4.42. The summed E-state index contributed by atoms with van der Waals surface area (Å²) in [7, 11) is 0. The largest absolute Gasteiger partial charge is 0.477 e. The number of hydrogen-bond acceptors (Lipinski definition) is 4. The number of benzene rings is 1. The Kier molecular flexibility index (Phi) is 5.20. The van der Waals surface area contributed by atoms with Gasteiger partial charge in [-0.3, -0.25) is 4.79 Å². The number of carboxylic acids is 1. The summed E-state index contributed by atoms with van der Waals surface area (Å²) >= 11 is 2.68. The number of anilines is 1. The molecule has 2 aromatic rings. The van der Waals surface area contributed by atoms with Gasteiger partial charge in [0.15, 0.2) is 0 Å². The van der Waals surface area contributed by atoms with Crippen LogP contribution in [0.25, 0.3) is 0 Å². The van der Waals surface area contributed by atoms with Crippen molar-refractivity contribution >= 4 is 40.0 Å². The molecule has 0 saturated carbocycles. The zero-order chi connectivity index (χ0) is 14.4. The van der Waals surface area contributed by atoms with E-state index in [-0.39, 0.29) is 10.8 Å². The Morgan fingerprint density at radius 1 is 1.15 bits per heavy atom. The van der Waals surface area contributed by atoms with Gasteiger partial charge in [-0.05, 0) is 24.3 Å². The first-order valence-electron chi connectivity index (χ1n) is 5.96. The molecule has 0 saturated heterocycles. The first-order chi connectivity index (χ1) is 9.65. The molecule has 0 radical (unpaired) electrons. The molecule has 1 aromatic heterocycles. The minimum absolute atomic E-state index is 0.104. The summed E-state index contributed by atoms with van der Waals surface area (Å²) in [6.07, 6.45) is 0.389. The smallest absolute Gasteiger partial charge is 0.345 e. The molecule has 1 aromatic carbocycles. The van der Waals surface area contributed by atoms with Gasteiger partial charge in [0.1, 0.15) is 4.88 Å². The fraction of sp³-hybridized carbons (Fsp3) is 0.143. The fourth-order valence-corrected chi connectivity index (χ4v) is 3.13. The van der Waals surface area contributed by atoms with Crippen LogP contribution in [0.2, 0.25) is 0 Å². The standard InChI is InChI=1S/C14H13NO3S2/c16-12(8-9-19-10-4-2-1-3-5-10)15-13-7-6-11(20-13)14(17)18/h1-7H,8-9H2,(H,15,16)(H,17,18). The molecular weight excluding hydrogens is 294 g/mol. The summed E-state index contributed by atoms with van der Waals surface area (Å²) in [4.78, 5) is 23.8. The molecule has 104 valence electrons. The molecular formula is C14H13NO3S2. The predicted molar refractivity (Wildman–Crippen MR) is 81.7 cm³/mol. The zero-order valence-corrected chi connectivity index (χ0v) is 12.2. The molecule has 0 aliphatic rings. The van der Waals surface area contributed by atoms with E-state index < -0.39 is 5.97 Å². The van der Waals surface area contributed by atoms with Gasteiger partial charge in [0, 0.05) is 17.1 Å². The SMILES string of the molecule is O=C(CCSc1ccccc1)Nc1ccc(C(=O)O)s1. The lowest BCUT2D eigenvalue weighted by atomic mass is 10.4. The molecule has 0 spiro atoms. The van der Waals surface area contributed by atoms with Gasteiger partial charge >= 0.3 is 5.97 Å². The van der Waals surface area contributed by atoms with Crippen molar-refractivity contribution < 1.29 is 14.7 Å². The maximum Gasteiger partial charge on any atom is 0.345 e. The van der Waals surface area contributed by atoms with E-state index in [0.29, 0.717) is 17.2 Å². The normalized spacial score (nSPS) is 10.2. The van der Waals surface area contributed by atoms with Crippen LogP contribution in [-0.4, -0.2) is 22.7 Å². The minimum Gasteiger partial charge on any atom is -0.477 e. The van der Waals surface area contributed by atoms with Crippen LogP contribution < -0.4 is 5.32 Å². The summed E-state index contributed by atoms with van der Waals surface area (Å²) in [5, 5.41) is 12.1. The molecule has 1 heterocycles. The minimum atomic E-state index is -0.977. The average Bonchev–Trinajstić information content (AvgIpc) is 2.88. The molecule has 1 amide bonds. The van der Waals surface area contributed by atoms with E-state index in [1.165, 1.54) is 6.07 Å². The second-order valence-corrected chi connectivity index (χ2v) is 6.18. The Labute approximate surface area is 124 Å². The van der Waals surface area contributed by atoms with Gasteiger partial charge in [-0.25, -0.2) is 4.79 Å². The molecule has 0 fully saturated rings. The number of carboxylic acid groups (broad SMARTS) is 1. The number of thiophene rings is 1. The number of aromatic carboxylic acids is 1. The van der Waals surface area contributed by atoms with Crippen molar-refractivity contribution in [3.05, 3.63) is 47.3 Å². The number of nitrogens with one attached hydrogen (secondary N) is 1.